The summed E-state index contributed by atoms with van der Waals surface area (Å²) in [6.07, 6.45) is -9.12. The van der Waals surface area contributed by atoms with E-state index in [9.17, 15) is 28.2 Å². The van der Waals surface area contributed by atoms with Gasteiger partial charge < -0.3 is 20.3 Å². The summed E-state index contributed by atoms with van der Waals surface area (Å²) in [6.45, 7) is 4.88. The third-order valence-electron chi connectivity index (χ3n) is 3.28. The summed E-state index contributed by atoms with van der Waals surface area (Å²) in [5.41, 5.74) is -2.66. The third kappa shape index (κ3) is 6.54. The van der Waals surface area contributed by atoms with Crippen molar-refractivity contribution in [3.63, 3.8) is 0 Å². The SMILES string of the molecule is CC(C)(C)OC(=O)NCCC(O)C(O)c1ccc(C#N)cc1C(F)(F)F. The van der Waals surface area contributed by atoms with Crippen LogP contribution in [-0.4, -0.2) is 34.6 Å². The van der Waals surface area contributed by atoms with Crippen molar-refractivity contribution >= 4 is 6.09 Å². The number of nitrogens with one attached hydrogen (secondary N) is 1. The predicted octanol–water partition coefficient (Wildman–Crippen LogP) is 2.89. The monoisotopic (exact) mass is 374 g/mol. The fraction of sp³-hybridized carbons (Fsp3) is 0.529. The summed E-state index contributed by atoms with van der Waals surface area (Å²) < 4.78 is 44.4. The van der Waals surface area contributed by atoms with Gasteiger partial charge in [-0.1, -0.05) is 6.07 Å². The number of amides is 1. The van der Waals surface area contributed by atoms with Crippen molar-refractivity contribution in [1.82, 2.24) is 5.32 Å². The van der Waals surface area contributed by atoms with Crippen LogP contribution in [0.15, 0.2) is 18.2 Å². The highest BCUT2D eigenvalue weighted by atomic mass is 19.4. The number of aliphatic hydroxyl groups is 2. The lowest BCUT2D eigenvalue weighted by Gasteiger charge is -2.23. The van der Waals surface area contributed by atoms with E-state index in [1.807, 2.05) is 0 Å². The second kappa shape index (κ2) is 8.38. The Morgan fingerprint density at radius 2 is 1.92 bits per heavy atom. The Morgan fingerprint density at radius 3 is 2.42 bits per heavy atom. The normalized spacial score (nSPS) is 14.3. The average Bonchev–Trinajstić information content (AvgIpc) is 2.50. The molecular formula is C17H21F3N2O4. The van der Waals surface area contributed by atoms with Crippen molar-refractivity contribution in [1.29, 1.82) is 5.26 Å². The van der Waals surface area contributed by atoms with E-state index in [1.165, 1.54) is 0 Å². The van der Waals surface area contributed by atoms with Gasteiger partial charge in [0, 0.05) is 6.54 Å². The molecule has 144 valence electrons. The van der Waals surface area contributed by atoms with Gasteiger partial charge in [0.05, 0.1) is 23.3 Å². The lowest BCUT2D eigenvalue weighted by atomic mass is 9.95. The molecule has 6 nitrogen and oxygen atoms in total. The molecule has 0 radical (unpaired) electrons. The number of nitrogens with zero attached hydrogens (tertiary/aromatic N) is 1. The van der Waals surface area contributed by atoms with Crippen molar-refractivity contribution in [2.45, 2.75) is 51.2 Å². The molecule has 0 aliphatic heterocycles. The van der Waals surface area contributed by atoms with Crippen LogP contribution in [0.5, 0.6) is 0 Å². The lowest BCUT2D eigenvalue weighted by Crippen LogP contribution is -2.34. The van der Waals surface area contributed by atoms with Crippen LogP contribution in [0, 0.1) is 11.3 Å². The minimum atomic E-state index is -4.79. The molecule has 0 saturated heterocycles. The second-order valence-corrected chi connectivity index (χ2v) is 6.64. The first kappa shape index (κ1) is 21.7. The third-order valence-corrected chi connectivity index (χ3v) is 3.28. The van der Waals surface area contributed by atoms with E-state index < -0.39 is 41.2 Å². The number of halogens is 3. The number of nitriles is 1. The van der Waals surface area contributed by atoms with Gasteiger partial charge in [-0.25, -0.2) is 4.79 Å². The Balaban J connectivity index is 2.79. The fourth-order valence-corrected chi connectivity index (χ4v) is 2.13. The molecule has 0 saturated carbocycles. The molecule has 3 N–H and O–H groups in total. The summed E-state index contributed by atoms with van der Waals surface area (Å²) in [4.78, 5) is 11.5. The molecule has 2 unspecified atom stereocenters. The zero-order valence-electron chi connectivity index (χ0n) is 14.6. The molecule has 26 heavy (non-hydrogen) atoms. The smallest absolute Gasteiger partial charge is 0.416 e. The summed E-state index contributed by atoms with van der Waals surface area (Å²) in [6, 6.07) is 4.29. The number of aliphatic hydroxyl groups excluding tert-OH is 2. The average molecular weight is 374 g/mol. The summed E-state index contributed by atoms with van der Waals surface area (Å²) in [5, 5.41) is 31.1. The van der Waals surface area contributed by atoms with Crippen LogP contribution in [0.3, 0.4) is 0 Å². The van der Waals surface area contributed by atoms with Gasteiger partial charge in [0.15, 0.2) is 0 Å². The Morgan fingerprint density at radius 1 is 1.31 bits per heavy atom. The van der Waals surface area contributed by atoms with Gasteiger partial charge in [0.2, 0.25) is 0 Å². The minimum Gasteiger partial charge on any atom is -0.444 e. The number of alkyl halides is 3. The molecule has 0 fully saturated rings. The molecule has 0 aliphatic carbocycles. The van der Waals surface area contributed by atoms with Crippen molar-refractivity contribution in [2.24, 2.45) is 0 Å². The first-order chi connectivity index (χ1) is 11.8. The van der Waals surface area contributed by atoms with Crippen LogP contribution in [0.2, 0.25) is 0 Å². The van der Waals surface area contributed by atoms with Crippen molar-refractivity contribution in [2.75, 3.05) is 6.54 Å². The highest BCUT2D eigenvalue weighted by molar-refractivity contribution is 5.67. The van der Waals surface area contributed by atoms with E-state index in [0.717, 1.165) is 12.1 Å². The predicted molar refractivity (Wildman–Crippen MR) is 86.0 cm³/mol. The summed E-state index contributed by atoms with van der Waals surface area (Å²) >= 11 is 0. The molecule has 0 aliphatic rings. The number of hydrogen-bond acceptors (Lipinski definition) is 5. The maximum atomic E-state index is 13.1. The lowest BCUT2D eigenvalue weighted by molar-refractivity contribution is -0.140. The van der Waals surface area contributed by atoms with Crippen molar-refractivity contribution < 1.29 is 32.9 Å². The number of rotatable bonds is 5. The second-order valence-electron chi connectivity index (χ2n) is 6.64. The molecule has 1 aromatic carbocycles. The highest BCUT2D eigenvalue weighted by Crippen LogP contribution is 2.36. The molecule has 0 heterocycles. The van der Waals surface area contributed by atoms with Gasteiger partial charge in [0.25, 0.3) is 0 Å². The van der Waals surface area contributed by atoms with Crippen LogP contribution in [0.1, 0.15) is 50.0 Å². The quantitative estimate of drug-likeness (QED) is 0.735. The molecule has 1 amide bonds. The van der Waals surface area contributed by atoms with Crippen LogP contribution in [0.4, 0.5) is 18.0 Å². The van der Waals surface area contributed by atoms with Crippen LogP contribution < -0.4 is 5.32 Å². The standard InChI is InChI=1S/C17H21F3N2O4/c1-16(2,3)26-15(25)22-7-6-13(23)14(24)11-5-4-10(9-21)8-12(11)17(18,19)20/h4-5,8,13-14,23-24H,6-7H2,1-3H3,(H,22,25). The maximum absolute atomic E-state index is 13.1. The van der Waals surface area contributed by atoms with Gasteiger partial charge in [-0.2, -0.15) is 18.4 Å². The maximum Gasteiger partial charge on any atom is 0.416 e. The zero-order valence-corrected chi connectivity index (χ0v) is 14.6. The van der Waals surface area contributed by atoms with Gasteiger partial charge in [0.1, 0.15) is 11.7 Å². The topological polar surface area (TPSA) is 103 Å². The van der Waals surface area contributed by atoms with Gasteiger partial charge in [-0.3, -0.25) is 0 Å². The summed E-state index contributed by atoms with van der Waals surface area (Å²) in [5.74, 6) is 0. The number of carbonyl (C=O) groups is 1. The van der Waals surface area contributed by atoms with Crippen LogP contribution in [0.25, 0.3) is 0 Å². The Bertz CT molecular complexity index is 678. The Hall–Kier alpha value is -2.31. The zero-order chi connectivity index (χ0) is 20.1. The number of carbonyl (C=O) groups excluding carboxylic acids is 1. The molecule has 0 aromatic heterocycles. The van der Waals surface area contributed by atoms with Crippen molar-refractivity contribution in [3.05, 3.63) is 34.9 Å². The first-order valence-corrected chi connectivity index (χ1v) is 7.79. The molecule has 1 aromatic rings. The number of alkyl carbamates (subject to hydrolysis) is 1. The molecule has 1 rings (SSSR count). The van der Waals surface area contributed by atoms with E-state index in [-0.39, 0.29) is 18.5 Å². The minimum absolute atomic E-state index is 0.106. The van der Waals surface area contributed by atoms with Crippen LogP contribution in [-0.2, 0) is 10.9 Å². The Kier molecular flexibility index (Phi) is 7.00. The van der Waals surface area contributed by atoms with Gasteiger partial charge >= 0.3 is 12.3 Å². The van der Waals surface area contributed by atoms with Crippen LogP contribution >= 0.6 is 0 Å². The van der Waals surface area contributed by atoms with Gasteiger partial charge in [-0.15, -0.1) is 0 Å². The molecule has 0 bridgehead atoms. The van der Waals surface area contributed by atoms with Crippen molar-refractivity contribution in [3.8, 4) is 6.07 Å². The van der Waals surface area contributed by atoms with Gasteiger partial charge in [-0.05, 0) is 44.9 Å². The van der Waals surface area contributed by atoms with E-state index in [4.69, 9.17) is 10.00 Å². The molecular weight excluding hydrogens is 353 g/mol. The first-order valence-electron chi connectivity index (χ1n) is 7.79. The Labute approximate surface area is 149 Å². The number of benzene rings is 1. The van der Waals surface area contributed by atoms with E-state index in [1.54, 1.807) is 26.8 Å². The molecule has 0 spiro atoms. The summed E-state index contributed by atoms with van der Waals surface area (Å²) in [7, 11) is 0. The van der Waals surface area contributed by atoms with E-state index >= 15 is 0 Å². The largest absolute Gasteiger partial charge is 0.444 e. The van der Waals surface area contributed by atoms with E-state index in [0.29, 0.717) is 6.07 Å². The highest BCUT2D eigenvalue weighted by Gasteiger charge is 2.36. The fourth-order valence-electron chi connectivity index (χ4n) is 2.13. The molecule has 2 atom stereocenters. The number of ether oxygens (including phenoxy) is 1. The van der Waals surface area contributed by atoms with E-state index in [2.05, 4.69) is 5.32 Å². The molecule has 9 heteroatoms. The number of hydrogen-bond donors (Lipinski definition) is 3.